The van der Waals surface area contributed by atoms with E-state index in [2.05, 4.69) is 26.1 Å². The van der Waals surface area contributed by atoms with Crippen molar-refractivity contribution < 1.29 is 4.39 Å². The minimum Gasteiger partial charge on any atom is -0.310 e. The molecule has 0 radical (unpaired) electrons. The zero-order chi connectivity index (χ0) is 12.8. The van der Waals surface area contributed by atoms with Crippen molar-refractivity contribution >= 4 is 0 Å². The highest BCUT2D eigenvalue weighted by atomic mass is 19.1. The molecule has 1 atom stereocenters. The van der Waals surface area contributed by atoms with Crippen molar-refractivity contribution in [1.82, 2.24) is 5.32 Å². The van der Waals surface area contributed by atoms with Gasteiger partial charge in [0.1, 0.15) is 5.82 Å². The molecule has 0 aromatic heterocycles. The van der Waals surface area contributed by atoms with Crippen molar-refractivity contribution in [3.05, 3.63) is 35.1 Å². The molecule has 1 N–H and O–H groups in total. The third-order valence-corrected chi connectivity index (χ3v) is 3.61. The summed E-state index contributed by atoms with van der Waals surface area (Å²) in [5.74, 6) is 0.596. The lowest BCUT2D eigenvalue weighted by atomic mass is 9.95. The maximum absolute atomic E-state index is 13.1. The van der Waals surface area contributed by atoms with Gasteiger partial charge in [0.2, 0.25) is 0 Å². The van der Waals surface area contributed by atoms with E-state index >= 15 is 0 Å². The van der Waals surface area contributed by atoms with E-state index in [9.17, 15) is 4.39 Å². The second-order valence-electron chi connectivity index (χ2n) is 4.83. The van der Waals surface area contributed by atoms with Gasteiger partial charge < -0.3 is 5.32 Å². The Morgan fingerprint density at radius 3 is 2.41 bits per heavy atom. The largest absolute Gasteiger partial charge is 0.310 e. The molecule has 1 aromatic carbocycles. The Bertz CT molecular complexity index is 345. The van der Waals surface area contributed by atoms with E-state index in [1.54, 1.807) is 6.07 Å². The Labute approximate surface area is 104 Å². The number of nitrogens with one attached hydrogen (secondary N) is 1. The maximum Gasteiger partial charge on any atom is 0.126 e. The number of hydrogen-bond donors (Lipinski definition) is 1. The molecule has 0 saturated carbocycles. The number of halogens is 1. The third kappa shape index (κ3) is 4.12. The highest BCUT2D eigenvalue weighted by molar-refractivity contribution is 5.23. The molecule has 1 aromatic rings. The number of aryl methyl sites for hydroxylation is 1. The summed E-state index contributed by atoms with van der Waals surface area (Å²) in [7, 11) is 0. The Hall–Kier alpha value is -0.890. The summed E-state index contributed by atoms with van der Waals surface area (Å²) < 4.78 is 13.1. The van der Waals surface area contributed by atoms with Gasteiger partial charge in [0.15, 0.2) is 0 Å². The van der Waals surface area contributed by atoms with Gasteiger partial charge >= 0.3 is 0 Å². The lowest BCUT2D eigenvalue weighted by Gasteiger charge is -2.22. The summed E-state index contributed by atoms with van der Waals surface area (Å²) in [6.45, 7) is 9.32. The van der Waals surface area contributed by atoms with Gasteiger partial charge in [-0.2, -0.15) is 0 Å². The van der Waals surface area contributed by atoms with Crippen LogP contribution in [0.15, 0.2) is 18.2 Å². The van der Waals surface area contributed by atoms with Crippen LogP contribution < -0.4 is 5.32 Å². The van der Waals surface area contributed by atoms with Crippen LogP contribution in [0.4, 0.5) is 4.39 Å². The number of rotatable bonds is 6. The van der Waals surface area contributed by atoms with Crippen LogP contribution in [0.5, 0.6) is 0 Å². The van der Waals surface area contributed by atoms with Gasteiger partial charge in [-0.1, -0.05) is 38.8 Å². The third-order valence-electron chi connectivity index (χ3n) is 3.61. The molecular weight excluding hydrogens is 213 g/mol. The fourth-order valence-corrected chi connectivity index (χ4v) is 2.26. The first-order chi connectivity index (χ1) is 8.08. The maximum atomic E-state index is 13.1. The van der Waals surface area contributed by atoms with E-state index < -0.39 is 0 Å². The summed E-state index contributed by atoms with van der Waals surface area (Å²) in [5, 5.41) is 3.53. The van der Waals surface area contributed by atoms with Gasteiger partial charge in [-0.25, -0.2) is 4.39 Å². The molecule has 0 aliphatic rings. The monoisotopic (exact) mass is 237 g/mol. The number of benzene rings is 1. The van der Waals surface area contributed by atoms with E-state index in [1.807, 2.05) is 19.1 Å². The first-order valence-corrected chi connectivity index (χ1v) is 6.56. The Balaban J connectivity index is 2.52. The van der Waals surface area contributed by atoms with Crippen LogP contribution in [0.3, 0.4) is 0 Å². The standard InChI is InChI=1S/C15H24FN/c1-5-14(6-2)12(4)17-10-13-7-8-15(16)11(3)9-13/h7-9,12,14,17H,5-6,10H2,1-4H3. The van der Waals surface area contributed by atoms with Gasteiger partial charge in [-0.3, -0.25) is 0 Å². The molecule has 2 heteroatoms. The van der Waals surface area contributed by atoms with E-state index in [0.717, 1.165) is 23.6 Å². The molecule has 0 fully saturated rings. The zero-order valence-electron chi connectivity index (χ0n) is 11.4. The molecule has 1 unspecified atom stereocenters. The summed E-state index contributed by atoms with van der Waals surface area (Å²) >= 11 is 0. The highest BCUT2D eigenvalue weighted by Crippen LogP contribution is 2.14. The quantitative estimate of drug-likeness (QED) is 0.787. The average Bonchev–Trinajstić information content (AvgIpc) is 2.32. The predicted molar refractivity (Wildman–Crippen MR) is 71.5 cm³/mol. The summed E-state index contributed by atoms with van der Waals surface area (Å²) in [6, 6.07) is 5.83. The lowest BCUT2D eigenvalue weighted by molar-refractivity contribution is 0.353. The number of hydrogen-bond acceptors (Lipinski definition) is 1. The molecule has 0 bridgehead atoms. The molecular formula is C15H24FN. The summed E-state index contributed by atoms with van der Waals surface area (Å²) in [6.07, 6.45) is 2.40. The Morgan fingerprint density at radius 2 is 1.88 bits per heavy atom. The molecule has 0 saturated heterocycles. The van der Waals surface area contributed by atoms with Gasteiger partial charge in [-0.05, 0) is 37.0 Å². The van der Waals surface area contributed by atoms with Crippen LogP contribution >= 0.6 is 0 Å². The van der Waals surface area contributed by atoms with E-state index in [4.69, 9.17) is 0 Å². The SMILES string of the molecule is CCC(CC)C(C)NCc1ccc(F)c(C)c1. The molecule has 17 heavy (non-hydrogen) atoms. The molecule has 1 rings (SSSR count). The highest BCUT2D eigenvalue weighted by Gasteiger charge is 2.12. The van der Waals surface area contributed by atoms with Gasteiger partial charge in [0.25, 0.3) is 0 Å². The van der Waals surface area contributed by atoms with Crippen molar-refractivity contribution in [3.63, 3.8) is 0 Å². The van der Waals surface area contributed by atoms with Gasteiger partial charge in [0, 0.05) is 12.6 Å². The summed E-state index contributed by atoms with van der Waals surface area (Å²) in [4.78, 5) is 0. The molecule has 0 amide bonds. The first-order valence-electron chi connectivity index (χ1n) is 6.56. The van der Waals surface area contributed by atoms with Crippen molar-refractivity contribution in [2.75, 3.05) is 0 Å². The van der Waals surface area contributed by atoms with Crippen LogP contribution in [0.25, 0.3) is 0 Å². The van der Waals surface area contributed by atoms with Crippen molar-refractivity contribution in [2.45, 2.75) is 53.1 Å². The van der Waals surface area contributed by atoms with E-state index in [0.29, 0.717) is 6.04 Å². The van der Waals surface area contributed by atoms with E-state index in [1.165, 1.54) is 12.8 Å². The fraction of sp³-hybridized carbons (Fsp3) is 0.600. The van der Waals surface area contributed by atoms with Crippen LogP contribution in [-0.4, -0.2) is 6.04 Å². The molecule has 1 nitrogen and oxygen atoms in total. The Kier molecular flexibility index (Phi) is 5.63. The molecule has 0 heterocycles. The topological polar surface area (TPSA) is 12.0 Å². The van der Waals surface area contributed by atoms with Crippen molar-refractivity contribution in [1.29, 1.82) is 0 Å². The minimum atomic E-state index is -0.123. The van der Waals surface area contributed by atoms with Crippen LogP contribution in [0, 0.1) is 18.7 Å². The van der Waals surface area contributed by atoms with Crippen LogP contribution in [-0.2, 0) is 6.54 Å². The first kappa shape index (κ1) is 14.2. The van der Waals surface area contributed by atoms with Crippen molar-refractivity contribution in [2.24, 2.45) is 5.92 Å². The minimum absolute atomic E-state index is 0.123. The average molecular weight is 237 g/mol. The Morgan fingerprint density at radius 1 is 1.24 bits per heavy atom. The smallest absolute Gasteiger partial charge is 0.126 e. The summed E-state index contributed by atoms with van der Waals surface area (Å²) in [5.41, 5.74) is 1.88. The fourth-order valence-electron chi connectivity index (χ4n) is 2.26. The predicted octanol–water partition coefficient (Wildman–Crippen LogP) is 4.05. The van der Waals surface area contributed by atoms with Gasteiger partial charge in [-0.15, -0.1) is 0 Å². The normalized spacial score (nSPS) is 13.1. The van der Waals surface area contributed by atoms with E-state index in [-0.39, 0.29) is 5.82 Å². The second-order valence-corrected chi connectivity index (χ2v) is 4.83. The van der Waals surface area contributed by atoms with Crippen LogP contribution in [0.2, 0.25) is 0 Å². The lowest BCUT2D eigenvalue weighted by Crippen LogP contribution is -2.32. The second kappa shape index (κ2) is 6.75. The van der Waals surface area contributed by atoms with Crippen LogP contribution in [0.1, 0.15) is 44.7 Å². The molecule has 0 aliphatic carbocycles. The molecule has 0 spiro atoms. The van der Waals surface area contributed by atoms with Gasteiger partial charge in [0.05, 0.1) is 0 Å². The zero-order valence-corrected chi connectivity index (χ0v) is 11.4. The molecule has 0 aliphatic heterocycles. The van der Waals surface area contributed by atoms with Crippen molar-refractivity contribution in [3.8, 4) is 0 Å². The molecule has 96 valence electrons.